The van der Waals surface area contributed by atoms with Crippen LogP contribution in [-0.4, -0.2) is 42.3 Å². The number of hydrogen-bond acceptors (Lipinski definition) is 6. The molecule has 0 bridgehead atoms. The smallest absolute Gasteiger partial charge is 0.417 e. The van der Waals surface area contributed by atoms with Crippen LogP contribution in [0, 0.1) is 13.8 Å². The van der Waals surface area contributed by atoms with Gasteiger partial charge in [-0.1, -0.05) is 12.1 Å². The van der Waals surface area contributed by atoms with Gasteiger partial charge in [-0.05, 0) is 50.6 Å². The first-order valence-electron chi connectivity index (χ1n) is 11.5. The van der Waals surface area contributed by atoms with Crippen LogP contribution in [0.4, 0.5) is 26.3 Å². The number of halogens is 6. The second kappa shape index (κ2) is 11.7. The van der Waals surface area contributed by atoms with E-state index in [4.69, 9.17) is 0 Å². The maximum atomic E-state index is 13.0. The summed E-state index contributed by atoms with van der Waals surface area (Å²) in [5.74, 6) is -0.106. The molecule has 0 radical (unpaired) electrons. The largest absolute Gasteiger partial charge is 0.493 e. The molecule has 0 saturated heterocycles. The summed E-state index contributed by atoms with van der Waals surface area (Å²) in [5, 5.41) is 27.5. The summed E-state index contributed by atoms with van der Waals surface area (Å²) in [5.41, 5.74) is 0.910. The average Bonchev–Trinajstić information content (AvgIpc) is 3.31. The van der Waals surface area contributed by atoms with Crippen molar-refractivity contribution in [3.63, 3.8) is 0 Å². The lowest BCUT2D eigenvalue weighted by Crippen LogP contribution is -2.07. The van der Waals surface area contributed by atoms with Crippen LogP contribution in [0.2, 0.25) is 0 Å². The van der Waals surface area contributed by atoms with Crippen molar-refractivity contribution in [2.45, 2.75) is 36.0 Å². The van der Waals surface area contributed by atoms with Gasteiger partial charge in [-0.2, -0.15) is 36.5 Å². The van der Waals surface area contributed by atoms with E-state index < -0.39 is 23.5 Å². The molecular formula is C26H26F6N4O2S2. The highest BCUT2D eigenvalue weighted by atomic mass is 32.2. The van der Waals surface area contributed by atoms with Gasteiger partial charge in [0.1, 0.15) is 0 Å². The Labute approximate surface area is 235 Å². The van der Waals surface area contributed by atoms with Crippen LogP contribution in [0.25, 0.3) is 22.5 Å². The number of aromatic nitrogens is 4. The molecular weight excluding hydrogens is 578 g/mol. The lowest BCUT2D eigenvalue weighted by atomic mass is 10.1. The van der Waals surface area contributed by atoms with E-state index in [0.29, 0.717) is 33.6 Å². The number of alkyl halides is 6. The first kappa shape index (κ1) is 31.3. The summed E-state index contributed by atoms with van der Waals surface area (Å²) in [6.07, 6.45) is -5.64. The molecule has 14 heteroatoms. The number of thioether (sulfide) groups is 2. The minimum absolute atomic E-state index is 0.0532. The van der Waals surface area contributed by atoms with Crippen LogP contribution in [-0.2, 0) is 26.4 Å². The molecule has 2 aromatic heterocycles. The second-order valence-corrected chi connectivity index (χ2v) is 10.4. The highest BCUT2D eigenvalue weighted by Crippen LogP contribution is 2.40. The van der Waals surface area contributed by atoms with Crippen molar-refractivity contribution >= 4 is 23.5 Å². The monoisotopic (exact) mass is 604 g/mol. The van der Waals surface area contributed by atoms with Gasteiger partial charge in [-0.15, -0.1) is 23.5 Å². The van der Waals surface area contributed by atoms with Crippen LogP contribution in [0.15, 0.2) is 46.2 Å². The van der Waals surface area contributed by atoms with Gasteiger partial charge in [0.15, 0.2) is 0 Å². The molecule has 2 N–H and O–H groups in total. The third-order valence-electron chi connectivity index (χ3n) is 6.05. The molecule has 0 amide bonds. The van der Waals surface area contributed by atoms with Crippen LogP contribution in [0.3, 0.4) is 0 Å². The number of aryl methyl sites for hydroxylation is 2. The Morgan fingerprint density at radius 1 is 0.650 bits per heavy atom. The van der Waals surface area contributed by atoms with Gasteiger partial charge in [0.25, 0.3) is 0 Å². The summed E-state index contributed by atoms with van der Waals surface area (Å²) >= 11 is 2.09. The van der Waals surface area contributed by atoms with Gasteiger partial charge in [0.05, 0.1) is 22.5 Å². The van der Waals surface area contributed by atoms with Crippen molar-refractivity contribution in [1.29, 1.82) is 0 Å². The molecule has 6 nitrogen and oxygen atoms in total. The van der Waals surface area contributed by atoms with Crippen LogP contribution >= 0.6 is 23.5 Å². The van der Waals surface area contributed by atoms with Gasteiger partial charge in [0, 0.05) is 46.1 Å². The van der Waals surface area contributed by atoms with E-state index in [2.05, 4.69) is 10.2 Å². The molecule has 0 aliphatic rings. The number of aromatic hydroxyl groups is 2. The third-order valence-corrected chi connectivity index (χ3v) is 7.64. The Morgan fingerprint density at radius 3 is 1.20 bits per heavy atom. The van der Waals surface area contributed by atoms with E-state index in [1.807, 2.05) is 0 Å². The molecule has 2 heterocycles. The average molecular weight is 605 g/mol. The lowest BCUT2D eigenvalue weighted by Gasteiger charge is -2.12. The fraction of sp³-hybridized carbons (Fsp3) is 0.308. The first-order valence-corrected chi connectivity index (χ1v) is 13.9. The second-order valence-electron chi connectivity index (χ2n) is 8.67. The van der Waals surface area contributed by atoms with Crippen molar-refractivity contribution in [2.24, 2.45) is 14.1 Å². The molecule has 0 aliphatic carbocycles. The lowest BCUT2D eigenvalue weighted by molar-refractivity contribution is -0.140. The van der Waals surface area contributed by atoms with E-state index in [1.54, 1.807) is 38.5 Å². The van der Waals surface area contributed by atoms with Crippen molar-refractivity contribution in [1.82, 2.24) is 19.6 Å². The third kappa shape index (κ3) is 6.38. The SMILES string of the molecule is CSc1ccc(-c2nn(C)c(O)c2C)cc1C(F)(F)F.CSc1ccc(-c2nn(C)c(O)c2C)cc1C(F)(F)F. The standard InChI is InChI=1S/2C13H13F3N2OS/c2*1-7-11(17-18(2)12(7)19)8-4-5-10(20-3)9(6-8)13(14,15)16/h2*4-6,19H,1-3H3. The Hall–Kier alpha value is -3.26. The summed E-state index contributed by atoms with van der Waals surface area (Å²) < 4.78 is 80.6. The molecule has 40 heavy (non-hydrogen) atoms. The molecule has 0 fully saturated rings. The van der Waals surface area contributed by atoms with Gasteiger partial charge >= 0.3 is 12.4 Å². The molecule has 0 aliphatic heterocycles. The predicted molar refractivity (Wildman–Crippen MR) is 144 cm³/mol. The zero-order valence-corrected chi connectivity index (χ0v) is 23.9. The van der Waals surface area contributed by atoms with E-state index in [0.717, 1.165) is 35.7 Å². The number of benzene rings is 2. The van der Waals surface area contributed by atoms with E-state index in [-0.39, 0.29) is 21.6 Å². The minimum atomic E-state index is -4.42. The van der Waals surface area contributed by atoms with Gasteiger partial charge in [0.2, 0.25) is 11.8 Å². The molecule has 216 valence electrons. The highest BCUT2D eigenvalue weighted by Gasteiger charge is 2.35. The van der Waals surface area contributed by atoms with Gasteiger partial charge in [-0.3, -0.25) is 0 Å². The Bertz CT molecular complexity index is 1410. The zero-order chi connectivity index (χ0) is 30.2. The van der Waals surface area contributed by atoms with Crippen molar-refractivity contribution in [2.75, 3.05) is 12.5 Å². The van der Waals surface area contributed by atoms with Crippen molar-refractivity contribution in [3.8, 4) is 34.3 Å². The summed E-state index contributed by atoms with van der Waals surface area (Å²) in [7, 11) is 3.07. The topological polar surface area (TPSA) is 76.1 Å². The number of nitrogens with zero attached hydrogens (tertiary/aromatic N) is 4. The van der Waals surface area contributed by atoms with Crippen molar-refractivity contribution < 1.29 is 36.6 Å². The predicted octanol–water partition coefficient (Wildman–Crippen LogP) is 7.68. The Balaban J connectivity index is 0.000000220. The number of rotatable bonds is 4. The highest BCUT2D eigenvalue weighted by molar-refractivity contribution is 7.98. The van der Waals surface area contributed by atoms with E-state index in [1.165, 1.54) is 35.6 Å². The molecule has 4 rings (SSSR count). The summed E-state index contributed by atoms with van der Waals surface area (Å²) in [6, 6.07) is 8.15. The maximum Gasteiger partial charge on any atom is 0.417 e. The van der Waals surface area contributed by atoms with Crippen LogP contribution in [0.1, 0.15) is 22.3 Å². The van der Waals surface area contributed by atoms with E-state index >= 15 is 0 Å². The van der Waals surface area contributed by atoms with Gasteiger partial charge in [-0.25, -0.2) is 9.36 Å². The normalized spacial score (nSPS) is 11.9. The molecule has 2 aromatic carbocycles. The Morgan fingerprint density at radius 2 is 0.975 bits per heavy atom. The molecule has 0 atom stereocenters. The van der Waals surface area contributed by atoms with Crippen LogP contribution < -0.4 is 0 Å². The number of hydrogen-bond donors (Lipinski definition) is 2. The van der Waals surface area contributed by atoms with Gasteiger partial charge < -0.3 is 10.2 Å². The van der Waals surface area contributed by atoms with E-state index in [9.17, 15) is 36.6 Å². The molecule has 0 saturated carbocycles. The van der Waals surface area contributed by atoms with Crippen molar-refractivity contribution in [3.05, 3.63) is 58.7 Å². The Kier molecular flexibility index (Phi) is 9.14. The molecule has 0 spiro atoms. The fourth-order valence-corrected chi connectivity index (χ4v) is 5.14. The first-order chi connectivity index (χ1) is 18.5. The molecule has 0 unspecified atom stereocenters. The maximum absolute atomic E-state index is 13.0. The fourth-order valence-electron chi connectivity index (χ4n) is 3.94. The summed E-state index contributed by atoms with van der Waals surface area (Å²) in [6.45, 7) is 3.24. The minimum Gasteiger partial charge on any atom is -0.493 e. The van der Waals surface area contributed by atoms with Crippen LogP contribution in [0.5, 0.6) is 11.8 Å². The quantitative estimate of drug-likeness (QED) is 0.184. The summed E-state index contributed by atoms with van der Waals surface area (Å²) in [4.78, 5) is 0.332. The molecule has 4 aromatic rings. The zero-order valence-electron chi connectivity index (χ0n) is 22.2.